The highest BCUT2D eigenvalue weighted by Gasteiger charge is 2.11. The Morgan fingerprint density at radius 1 is 1.44 bits per heavy atom. The van der Waals surface area contributed by atoms with Gasteiger partial charge >= 0.3 is 0 Å². The number of benzene rings is 1. The van der Waals surface area contributed by atoms with Crippen molar-refractivity contribution < 1.29 is 9.90 Å². The second-order valence-corrected chi connectivity index (χ2v) is 4.08. The van der Waals surface area contributed by atoms with Crippen molar-refractivity contribution in [2.24, 2.45) is 7.05 Å². The van der Waals surface area contributed by atoms with Crippen molar-refractivity contribution in [3.8, 4) is 5.75 Å². The van der Waals surface area contributed by atoms with E-state index in [9.17, 15) is 9.90 Å². The van der Waals surface area contributed by atoms with Crippen LogP contribution in [0.5, 0.6) is 5.75 Å². The highest BCUT2D eigenvalue weighted by Crippen LogP contribution is 2.15. The van der Waals surface area contributed by atoms with E-state index in [-0.39, 0.29) is 17.2 Å². The number of para-hydroxylation sites is 1. The minimum Gasteiger partial charge on any atom is -0.507 e. The van der Waals surface area contributed by atoms with Gasteiger partial charge in [0, 0.05) is 24.8 Å². The molecule has 0 aliphatic rings. The Morgan fingerprint density at radius 2 is 2.17 bits per heavy atom. The lowest BCUT2D eigenvalue weighted by atomic mass is 10.2. The number of rotatable bonds is 3. The maximum atomic E-state index is 11.9. The van der Waals surface area contributed by atoms with Gasteiger partial charge in [-0.1, -0.05) is 12.1 Å². The molecule has 0 saturated carbocycles. The van der Waals surface area contributed by atoms with Crippen LogP contribution < -0.4 is 5.32 Å². The monoisotopic (exact) mass is 245 g/mol. The molecule has 1 aromatic heterocycles. The molecule has 0 radical (unpaired) electrons. The number of amides is 1. The predicted octanol–water partition coefficient (Wildman–Crippen LogP) is 1.36. The van der Waals surface area contributed by atoms with Crippen LogP contribution in [0.2, 0.25) is 0 Å². The van der Waals surface area contributed by atoms with E-state index < -0.39 is 0 Å². The van der Waals surface area contributed by atoms with Gasteiger partial charge in [0.05, 0.1) is 11.8 Å². The maximum Gasteiger partial charge on any atom is 0.255 e. The number of nitrogens with zero attached hydrogens (tertiary/aromatic N) is 2. The summed E-state index contributed by atoms with van der Waals surface area (Å²) in [6.07, 6.45) is 1.72. The lowest BCUT2D eigenvalue weighted by molar-refractivity contribution is 0.0948. The van der Waals surface area contributed by atoms with Gasteiger partial charge in [0.15, 0.2) is 0 Å². The summed E-state index contributed by atoms with van der Waals surface area (Å²) in [5.74, 6) is -0.311. The average molecular weight is 245 g/mol. The molecule has 2 aromatic rings. The number of hydrogen-bond acceptors (Lipinski definition) is 3. The summed E-state index contributed by atoms with van der Waals surface area (Å²) in [5, 5.41) is 16.4. The van der Waals surface area contributed by atoms with Gasteiger partial charge in [-0.3, -0.25) is 9.48 Å². The summed E-state index contributed by atoms with van der Waals surface area (Å²) in [5.41, 5.74) is 2.24. The molecule has 5 nitrogen and oxygen atoms in total. The van der Waals surface area contributed by atoms with Crippen molar-refractivity contribution in [3.63, 3.8) is 0 Å². The van der Waals surface area contributed by atoms with E-state index in [2.05, 4.69) is 10.4 Å². The van der Waals surface area contributed by atoms with Crippen LogP contribution in [0.25, 0.3) is 0 Å². The summed E-state index contributed by atoms with van der Waals surface area (Å²) in [6, 6.07) is 6.46. The van der Waals surface area contributed by atoms with Gasteiger partial charge in [0.25, 0.3) is 5.91 Å². The van der Waals surface area contributed by atoms with E-state index in [1.165, 1.54) is 6.07 Å². The molecule has 0 fully saturated rings. The van der Waals surface area contributed by atoms with Gasteiger partial charge in [-0.2, -0.15) is 5.10 Å². The molecular weight excluding hydrogens is 230 g/mol. The highest BCUT2D eigenvalue weighted by atomic mass is 16.3. The first-order valence-corrected chi connectivity index (χ1v) is 5.63. The normalized spacial score (nSPS) is 10.3. The van der Waals surface area contributed by atoms with Gasteiger partial charge < -0.3 is 10.4 Å². The molecule has 1 amide bonds. The Balaban J connectivity index is 2.05. The largest absolute Gasteiger partial charge is 0.507 e. The Hall–Kier alpha value is -2.30. The van der Waals surface area contributed by atoms with Crippen LogP contribution >= 0.6 is 0 Å². The van der Waals surface area contributed by atoms with Crippen molar-refractivity contribution >= 4 is 5.91 Å². The second kappa shape index (κ2) is 4.91. The van der Waals surface area contributed by atoms with E-state index in [0.29, 0.717) is 6.54 Å². The minimum absolute atomic E-state index is 0.0158. The SMILES string of the molecule is Cc1c(CNC(=O)c2ccccc2O)cnn1C. The molecular formula is C13H15N3O2. The predicted molar refractivity (Wildman–Crippen MR) is 67.2 cm³/mol. The van der Waals surface area contributed by atoms with Crippen LogP contribution in [0.4, 0.5) is 0 Å². The molecule has 2 rings (SSSR count). The summed E-state index contributed by atoms with van der Waals surface area (Å²) in [6.45, 7) is 2.33. The third-order valence-corrected chi connectivity index (χ3v) is 2.92. The molecule has 0 atom stereocenters. The number of phenols is 1. The maximum absolute atomic E-state index is 11.9. The van der Waals surface area contributed by atoms with E-state index in [1.54, 1.807) is 29.1 Å². The van der Waals surface area contributed by atoms with Crippen LogP contribution in [0.15, 0.2) is 30.5 Å². The Morgan fingerprint density at radius 3 is 2.78 bits per heavy atom. The lowest BCUT2D eigenvalue weighted by Gasteiger charge is -2.06. The number of aryl methyl sites for hydroxylation is 1. The molecule has 2 N–H and O–H groups in total. The quantitative estimate of drug-likeness (QED) is 0.858. The standard InChI is InChI=1S/C13H15N3O2/c1-9-10(8-15-16(9)2)7-14-13(18)11-5-3-4-6-12(11)17/h3-6,8,17H,7H2,1-2H3,(H,14,18). The molecule has 1 aromatic carbocycles. The fourth-order valence-corrected chi connectivity index (χ4v) is 1.65. The van der Waals surface area contributed by atoms with Gasteiger partial charge in [-0.15, -0.1) is 0 Å². The molecule has 5 heteroatoms. The molecule has 0 bridgehead atoms. The van der Waals surface area contributed by atoms with Crippen molar-refractivity contribution in [1.29, 1.82) is 0 Å². The first-order valence-electron chi connectivity index (χ1n) is 5.63. The van der Waals surface area contributed by atoms with Crippen molar-refractivity contribution in [1.82, 2.24) is 15.1 Å². The van der Waals surface area contributed by atoms with E-state index >= 15 is 0 Å². The fraction of sp³-hybridized carbons (Fsp3) is 0.231. The average Bonchev–Trinajstić information content (AvgIpc) is 2.68. The second-order valence-electron chi connectivity index (χ2n) is 4.08. The Bertz CT molecular complexity index is 575. The topological polar surface area (TPSA) is 67.2 Å². The Labute approximate surface area is 105 Å². The van der Waals surface area contributed by atoms with Crippen LogP contribution in [0.1, 0.15) is 21.6 Å². The van der Waals surface area contributed by atoms with Crippen LogP contribution in [-0.4, -0.2) is 20.8 Å². The molecule has 94 valence electrons. The number of carbonyl (C=O) groups is 1. The molecule has 18 heavy (non-hydrogen) atoms. The summed E-state index contributed by atoms with van der Waals surface area (Å²) >= 11 is 0. The van der Waals surface area contributed by atoms with E-state index in [1.807, 2.05) is 14.0 Å². The summed E-state index contributed by atoms with van der Waals surface area (Å²) in [7, 11) is 1.85. The lowest BCUT2D eigenvalue weighted by Crippen LogP contribution is -2.23. The van der Waals surface area contributed by atoms with Crippen LogP contribution in [0, 0.1) is 6.92 Å². The number of carbonyl (C=O) groups excluding carboxylic acids is 1. The van der Waals surface area contributed by atoms with E-state index in [4.69, 9.17) is 0 Å². The van der Waals surface area contributed by atoms with Crippen LogP contribution in [0.3, 0.4) is 0 Å². The molecule has 1 heterocycles. The van der Waals surface area contributed by atoms with Crippen molar-refractivity contribution in [2.45, 2.75) is 13.5 Å². The first kappa shape index (κ1) is 12.2. The molecule has 0 spiro atoms. The third kappa shape index (κ3) is 2.34. The molecule has 0 aliphatic heterocycles. The third-order valence-electron chi connectivity index (χ3n) is 2.92. The number of nitrogens with one attached hydrogen (secondary N) is 1. The van der Waals surface area contributed by atoms with Gasteiger partial charge in [0.2, 0.25) is 0 Å². The van der Waals surface area contributed by atoms with E-state index in [0.717, 1.165) is 11.3 Å². The zero-order valence-corrected chi connectivity index (χ0v) is 10.3. The minimum atomic E-state index is -0.295. The van der Waals surface area contributed by atoms with Gasteiger partial charge in [-0.25, -0.2) is 0 Å². The van der Waals surface area contributed by atoms with Crippen LogP contribution in [-0.2, 0) is 13.6 Å². The van der Waals surface area contributed by atoms with Gasteiger partial charge in [-0.05, 0) is 19.1 Å². The van der Waals surface area contributed by atoms with Gasteiger partial charge in [0.1, 0.15) is 5.75 Å². The number of aromatic hydroxyl groups is 1. The summed E-state index contributed by atoms with van der Waals surface area (Å²) in [4.78, 5) is 11.9. The van der Waals surface area contributed by atoms with Crippen molar-refractivity contribution in [2.75, 3.05) is 0 Å². The van der Waals surface area contributed by atoms with Crippen molar-refractivity contribution in [3.05, 3.63) is 47.3 Å². The first-order chi connectivity index (χ1) is 8.59. The molecule has 0 saturated heterocycles. The Kier molecular flexibility index (Phi) is 3.32. The molecule has 0 aliphatic carbocycles. The zero-order valence-electron chi connectivity index (χ0n) is 10.3. The number of hydrogen-bond donors (Lipinski definition) is 2. The highest BCUT2D eigenvalue weighted by molar-refractivity contribution is 5.96. The molecule has 0 unspecified atom stereocenters. The summed E-state index contributed by atoms with van der Waals surface area (Å²) < 4.78 is 1.75. The number of aromatic nitrogens is 2. The smallest absolute Gasteiger partial charge is 0.255 e. The zero-order chi connectivity index (χ0) is 13.1. The fourth-order valence-electron chi connectivity index (χ4n) is 1.65. The number of phenolic OH excluding ortho intramolecular Hbond substituents is 1.